The Morgan fingerprint density at radius 1 is 1.00 bits per heavy atom. The summed E-state index contributed by atoms with van der Waals surface area (Å²) in [5.74, 6) is 0.862. The van der Waals surface area contributed by atoms with Crippen LogP contribution in [0.5, 0.6) is 0 Å². The van der Waals surface area contributed by atoms with Crippen LogP contribution in [-0.2, 0) is 18.6 Å². The summed E-state index contributed by atoms with van der Waals surface area (Å²) < 4.78 is 0. The van der Waals surface area contributed by atoms with Gasteiger partial charge in [-0.05, 0) is 17.6 Å². The third-order valence-corrected chi connectivity index (χ3v) is 1.79. The van der Waals surface area contributed by atoms with E-state index in [1.807, 2.05) is 30.3 Å². The fourth-order valence-electron chi connectivity index (χ4n) is 1.26. The van der Waals surface area contributed by atoms with Crippen LogP contribution < -0.4 is 24.8 Å². The zero-order chi connectivity index (χ0) is 11.3. The maximum atomic E-state index is 4.54. The summed E-state index contributed by atoms with van der Waals surface area (Å²) in [6.07, 6.45) is 0. The van der Waals surface area contributed by atoms with Crippen molar-refractivity contribution in [2.24, 2.45) is 4.99 Å². The van der Waals surface area contributed by atoms with Crippen LogP contribution in [0.25, 0.3) is 5.32 Å². The first-order valence-electron chi connectivity index (χ1n) is 5.43. The standard InChI is InChI=1S/C13H19N2.2ClH.H2O.V/c1-10(2)14-13(15-11(3)4)12-8-6-5-7-9-12;;;;/h5-11H,1-4H3;2*1H;1H2;/q-1;;;;/p-2. The van der Waals surface area contributed by atoms with E-state index in [2.05, 4.69) is 38.0 Å². The number of hydrogen-bond donors (Lipinski definition) is 0. The second-order valence-corrected chi connectivity index (χ2v) is 4.14. The molecule has 0 aliphatic heterocycles. The number of hydrogen-bond acceptors (Lipinski definition) is 1. The molecule has 0 fully saturated rings. The molecule has 1 aromatic rings. The molecule has 2 N–H and O–H groups in total. The van der Waals surface area contributed by atoms with Gasteiger partial charge in [-0.1, -0.05) is 63.9 Å². The van der Waals surface area contributed by atoms with Crippen LogP contribution in [0.1, 0.15) is 33.3 Å². The van der Waals surface area contributed by atoms with Gasteiger partial charge in [-0.3, -0.25) is 0 Å². The Bertz CT molecular complexity index is 333. The topological polar surface area (TPSA) is 58.0 Å². The van der Waals surface area contributed by atoms with E-state index in [1.165, 1.54) is 0 Å². The zero-order valence-electron chi connectivity index (χ0n) is 11.6. The molecule has 1 rings (SSSR count). The molecule has 0 aliphatic rings. The van der Waals surface area contributed by atoms with Crippen LogP contribution in [0.2, 0.25) is 0 Å². The number of benzene rings is 1. The average Bonchev–Trinajstić information content (AvgIpc) is 2.17. The Labute approximate surface area is 140 Å². The van der Waals surface area contributed by atoms with Crippen molar-refractivity contribution < 1.29 is 48.8 Å². The first-order valence-corrected chi connectivity index (χ1v) is 5.43. The van der Waals surface area contributed by atoms with Gasteiger partial charge in [-0.2, -0.15) is 0 Å². The van der Waals surface area contributed by atoms with E-state index in [0.717, 1.165) is 11.4 Å². The van der Waals surface area contributed by atoms with E-state index in [0.29, 0.717) is 0 Å². The number of nitrogens with zero attached hydrogens (tertiary/aromatic N) is 2. The molecule has 3 nitrogen and oxygen atoms in total. The van der Waals surface area contributed by atoms with Crippen molar-refractivity contribution >= 4 is 5.84 Å². The molecule has 1 aromatic carbocycles. The first-order chi connectivity index (χ1) is 7.09. The van der Waals surface area contributed by atoms with Crippen molar-refractivity contribution in [2.75, 3.05) is 0 Å². The van der Waals surface area contributed by atoms with Crippen molar-refractivity contribution in [2.45, 2.75) is 39.8 Å². The van der Waals surface area contributed by atoms with Gasteiger partial charge in [-0.25, -0.2) is 0 Å². The first kappa shape index (κ1) is 27.2. The summed E-state index contributed by atoms with van der Waals surface area (Å²) in [5.41, 5.74) is 1.10. The number of amidine groups is 1. The summed E-state index contributed by atoms with van der Waals surface area (Å²) in [7, 11) is 0. The average molecular weight is 343 g/mol. The van der Waals surface area contributed by atoms with Gasteiger partial charge in [0, 0.05) is 18.6 Å². The molecule has 0 saturated carbocycles. The molecule has 0 spiro atoms. The largest absolute Gasteiger partial charge is 1.00 e. The van der Waals surface area contributed by atoms with Gasteiger partial charge in [0.25, 0.3) is 0 Å². The van der Waals surface area contributed by atoms with Crippen LogP contribution in [0, 0.1) is 0 Å². The molecule has 0 aliphatic carbocycles. The maximum Gasteiger partial charge on any atom is 0 e. The predicted molar refractivity (Wildman–Crippen MR) is 70.2 cm³/mol. The van der Waals surface area contributed by atoms with E-state index in [4.69, 9.17) is 0 Å². The van der Waals surface area contributed by atoms with Crippen LogP contribution in [0.15, 0.2) is 35.3 Å². The normalized spacial score (nSPS) is 9.68. The fraction of sp³-hybridized carbons (Fsp3) is 0.462. The van der Waals surface area contributed by atoms with Crippen molar-refractivity contribution in [3.05, 3.63) is 41.2 Å². The van der Waals surface area contributed by atoms with Gasteiger partial charge in [-0.15, -0.1) is 0 Å². The van der Waals surface area contributed by atoms with E-state index >= 15 is 0 Å². The van der Waals surface area contributed by atoms with Crippen LogP contribution in [0.3, 0.4) is 0 Å². The number of aliphatic imine (C=N–C) groups is 1. The monoisotopic (exact) mass is 342 g/mol. The number of halogens is 2. The minimum absolute atomic E-state index is 0. The molecule has 6 heteroatoms. The minimum Gasteiger partial charge on any atom is -1.00 e. The molecule has 0 unspecified atom stereocenters. The second kappa shape index (κ2) is 14.2. The van der Waals surface area contributed by atoms with Gasteiger partial charge >= 0.3 is 0 Å². The molecule has 0 amide bonds. The number of rotatable bonds is 3. The zero-order valence-corrected chi connectivity index (χ0v) is 14.5. The summed E-state index contributed by atoms with van der Waals surface area (Å²) >= 11 is 0. The molecule has 111 valence electrons. The van der Waals surface area contributed by atoms with Crippen molar-refractivity contribution in [3.8, 4) is 0 Å². The SMILES string of the molecule is CC(C)N=C([N-]C(C)C)c1ccccc1.O.[Cl-].[Cl-].[V]. The molecule has 0 bridgehead atoms. The van der Waals surface area contributed by atoms with Crippen LogP contribution in [-0.4, -0.2) is 23.4 Å². The van der Waals surface area contributed by atoms with Crippen LogP contribution in [0.4, 0.5) is 0 Å². The quantitative estimate of drug-likeness (QED) is 0.410. The van der Waals surface area contributed by atoms with Gasteiger partial charge in [0.05, 0.1) is 0 Å². The van der Waals surface area contributed by atoms with Crippen molar-refractivity contribution in [1.29, 1.82) is 0 Å². The Hall–Kier alpha value is -0.186. The molecule has 19 heavy (non-hydrogen) atoms. The van der Waals surface area contributed by atoms with Crippen LogP contribution >= 0.6 is 0 Å². The molecule has 0 saturated heterocycles. The summed E-state index contributed by atoms with van der Waals surface area (Å²) in [5, 5.41) is 4.54. The third-order valence-electron chi connectivity index (χ3n) is 1.79. The summed E-state index contributed by atoms with van der Waals surface area (Å²) in [4.78, 5) is 4.54. The predicted octanol–water partition coefficient (Wildman–Crippen LogP) is -3.20. The molecule has 0 heterocycles. The molecule has 0 atom stereocenters. The Morgan fingerprint density at radius 3 is 1.84 bits per heavy atom. The van der Waals surface area contributed by atoms with E-state index < -0.39 is 0 Å². The maximum absolute atomic E-state index is 4.54. The van der Waals surface area contributed by atoms with E-state index in [-0.39, 0.29) is 60.9 Å². The smallest absolute Gasteiger partial charge is 0 e. The Balaban J connectivity index is -0.000000281. The minimum atomic E-state index is 0. The van der Waals surface area contributed by atoms with E-state index in [1.54, 1.807) is 0 Å². The molecular weight excluding hydrogens is 322 g/mol. The second-order valence-electron chi connectivity index (χ2n) is 4.14. The fourth-order valence-corrected chi connectivity index (χ4v) is 1.26. The summed E-state index contributed by atoms with van der Waals surface area (Å²) in [6, 6.07) is 10.7. The van der Waals surface area contributed by atoms with Gasteiger partial charge in [0.15, 0.2) is 0 Å². The van der Waals surface area contributed by atoms with Gasteiger partial charge in [0.2, 0.25) is 0 Å². The van der Waals surface area contributed by atoms with Gasteiger partial charge < -0.3 is 40.6 Å². The Kier molecular flexibility index (Phi) is 20.4. The third kappa shape index (κ3) is 11.3. The van der Waals surface area contributed by atoms with Gasteiger partial charge in [0.1, 0.15) is 0 Å². The molecule has 0 aromatic heterocycles. The van der Waals surface area contributed by atoms with Crippen molar-refractivity contribution in [3.63, 3.8) is 0 Å². The Morgan fingerprint density at radius 2 is 1.47 bits per heavy atom. The van der Waals surface area contributed by atoms with Crippen molar-refractivity contribution in [1.82, 2.24) is 0 Å². The molecule has 1 radical (unpaired) electrons. The van der Waals surface area contributed by atoms with E-state index in [9.17, 15) is 0 Å². The summed E-state index contributed by atoms with van der Waals surface area (Å²) in [6.45, 7) is 8.27. The molecular formula is C13H21Cl2N2OV-3.